The third-order valence-corrected chi connectivity index (χ3v) is 6.04. The van der Waals surface area contributed by atoms with Crippen LogP contribution in [-0.4, -0.2) is 33.6 Å². The van der Waals surface area contributed by atoms with Gasteiger partial charge in [-0.15, -0.1) is 0 Å². The van der Waals surface area contributed by atoms with Gasteiger partial charge in [-0.3, -0.25) is 4.98 Å². The average molecular weight is 324 g/mol. The molecular weight excluding hydrogens is 312 g/mol. The fourth-order valence-electron chi connectivity index (χ4n) is 2.21. The Kier molecular flexibility index (Phi) is 3.31. The predicted molar refractivity (Wildman–Crippen MR) is 78.8 cm³/mol. The summed E-state index contributed by atoms with van der Waals surface area (Å²) in [5.41, 5.74) is 0.359. The molecule has 1 aliphatic rings. The number of sulfone groups is 1. The highest BCUT2D eigenvalue weighted by atomic mass is 32.2. The smallest absolute Gasteiger partial charge is 0.243 e. The summed E-state index contributed by atoms with van der Waals surface area (Å²) in [7, 11) is -7.16. The number of pyridine rings is 1. The first-order chi connectivity index (χ1) is 9.87. The molecule has 110 valence electrons. The number of hydrogen-bond donors (Lipinski definition) is 1. The topological polar surface area (TPSA) is 93.2 Å². The van der Waals surface area contributed by atoms with E-state index in [4.69, 9.17) is 0 Å². The molecule has 1 aromatic carbocycles. The van der Waals surface area contributed by atoms with Crippen LogP contribution in [0.4, 0.5) is 0 Å². The number of nitrogens with one attached hydrogen (secondary N) is 1. The second-order valence-electron chi connectivity index (χ2n) is 4.72. The number of hydrogen-bond acceptors (Lipinski definition) is 5. The minimum absolute atomic E-state index is 0.0401. The molecule has 0 saturated carbocycles. The average Bonchev–Trinajstić information content (AvgIpc) is 2.76. The minimum Gasteiger partial charge on any atom is -0.255 e. The van der Waals surface area contributed by atoms with Gasteiger partial charge in [0.1, 0.15) is 4.90 Å². The van der Waals surface area contributed by atoms with Crippen LogP contribution in [0, 0.1) is 0 Å². The minimum atomic E-state index is -3.85. The summed E-state index contributed by atoms with van der Waals surface area (Å²) in [6, 6.07) is 7.57. The third kappa shape index (κ3) is 2.82. The van der Waals surface area contributed by atoms with Gasteiger partial charge in [-0.1, -0.05) is 24.3 Å². The van der Waals surface area contributed by atoms with E-state index in [1.807, 2.05) is 0 Å². The summed E-state index contributed by atoms with van der Waals surface area (Å²) in [5, 5.41) is 1.73. The summed E-state index contributed by atoms with van der Waals surface area (Å²) in [6.07, 6.45) is 2.85. The molecule has 0 fully saturated rings. The number of fused-ring (bicyclic) bond motifs is 1. The van der Waals surface area contributed by atoms with Gasteiger partial charge in [0.05, 0.1) is 17.3 Å². The summed E-state index contributed by atoms with van der Waals surface area (Å²) >= 11 is 0. The molecule has 0 aliphatic carbocycles. The first-order valence-corrected chi connectivity index (χ1v) is 9.34. The van der Waals surface area contributed by atoms with Crippen molar-refractivity contribution in [2.45, 2.75) is 10.9 Å². The number of para-hydroxylation sites is 1. The van der Waals surface area contributed by atoms with Crippen molar-refractivity contribution in [1.29, 1.82) is 0 Å². The van der Waals surface area contributed by atoms with E-state index in [0.717, 1.165) is 5.41 Å². The van der Waals surface area contributed by atoms with Gasteiger partial charge in [0.15, 0.2) is 9.84 Å². The van der Waals surface area contributed by atoms with E-state index in [2.05, 4.69) is 9.71 Å². The zero-order chi connectivity index (χ0) is 15.1. The van der Waals surface area contributed by atoms with Crippen LogP contribution < -0.4 is 4.72 Å². The van der Waals surface area contributed by atoms with E-state index in [0.29, 0.717) is 10.9 Å². The molecule has 21 heavy (non-hydrogen) atoms. The lowest BCUT2D eigenvalue weighted by Gasteiger charge is -2.12. The maximum absolute atomic E-state index is 12.4. The molecule has 1 aliphatic heterocycles. The van der Waals surface area contributed by atoms with Crippen LogP contribution in [0.5, 0.6) is 0 Å². The molecular formula is C13H12N2O4S2. The second kappa shape index (κ2) is 4.90. The highest BCUT2D eigenvalue weighted by Gasteiger charge is 2.27. The van der Waals surface area contributed by atoms with Gasteiger partial charge in [0.2, 0.25) is 10.0 Å². The van der Waals surface area contributed by atoms with E-state index in [-0.39, 0.29) is 10.6 Å². The van der Waals surface area contributed by atoms with E-state index in [1.165, 1.54) is 18.3 Å². The van der Waals surface area contributed by atoms with Gasteiger partial charge in [-0.2, -0.15) is 0 Å². The van der Waals surface area contributed by atoms with Crippen LogP contribution in [0.15, 0.2) is 52.9 Å². The number of benzene rings is 1. The molecule has 3 rings (SSSR count). The van der Waals surface area contributed by atoms with Crippen molar-refractivity contribution in [3.8, 4) is 0 Å². The zero-order valence-electron chi connectivity index (χ0n) is 10.8. The predicted octanol–water partition coefficient (Wildman–Crippen LogP) is 0.824. The lowest BCUT2D eigenvalue weighted by atomic mass is 10.2. The van der Waals surface area contributed by atoms with Gasteiger partial charge in [0.25, 0.3) is 0 Å². The fourth-order valence-corrected chi connectivity index (χ4v) is 4.92. The molecule has 1 N–H and O–H groups in total. The van der Waals surface area contributed by atoms with Crippen LogP contribution in [0.1, 0.15) is 0 Å². The van der Waals surface area contributed by atoms with E-state index >= 15 is 0 Å². The van der Waals surface area contributed by atoms with Crippen molar-refractivity contribution in [3.63, 3.8) is 0 Å². The third-order valence-electron chi connectivity index (χ3n) is 3.12. The standard InChI is InChI=1S/C13H12N2O4S2/c16-20(17)8-6-11(9-20)15-21(18,19)12-5-1-3-10-4-2-7-14-13(10)12/h1-8,11,15H,9H2/t11-/m0/s1. The van der Waals surface area contributed by atoms with Gasteiger partial charge < -0.3 is 0 Å². The molecule has 1 atom stereocenters. The Morgan fingerprint density at radius 2 is 1.95 bits per heavy atom. The molecule has 0 bridgehead atoms. The van der Waals surface area contributed by atoms with Crippen LogP contribution in [-0.2, 0) is 19.9 Å². The van der Waals surface area contributed by atoms with Gasteiger partial charge in [-0.05, 0) is 12.1 Å². The SMILES string of the molecule is O=S1(=O)C=C[C@H](NS(=O)(=O)c2cccc3cccnc23)C1. The molecule has 8 heteroatoms. The molecule has 0 spiro atoms. The first-order valence-electron chi connectivity index (χ1n) is 6.14. The molecule has 0 unspecified atom stereocenters. The Labute approximate surface area is 122 Å². The molecule has 2 aromatic rings. The number of aromatic nitrogens is 1. The number of sulfonamides is 1. The second-order valence-corrected chi connectivity index (χ2v) is 8.33. The lowest BCUT2D eigenvalue weighted by molar-refractivity contribution is 0.575. The van der Waals surface area contributed by atoms with Crippen molar-refractivity contribution in [1.82, 2.24) is 9.71 Å². The van der Waals surface area contributed by atoms with E-state index < -0.39 is 25.9 Å². The van der Waals surface area contributed by atoms with Crippen LogP contribution >= 0.6 is 0 Å². The van der Waals surface area contributed by atoms with Crippen LogP contribution in [0.2, 0.25) is 0 Å². The fraction of sp³-hybridized carbons (Fsp3) is 0.154. The summed E-state index contributed by atoms with van der Waals surface area (Å²) < 4.78 is 49.9. The maximum Gasteiger partial charge on any atom is 0.243 e. The molecule has 0 amide bonds. The summed E-state index contributed by atoms with van der Waals surface area (Å²) in [6.45, 7) is 0. The van der Waals surface area contributed by atoms with E-state index in [9.17, 15) is 16.8 Å². The van der Waals surface area contributed by atoms with Crippen molar-refractivity contribution in [3.05, 3.63) is 48.0 Å². The van der Waals surface area contributed by atoms with Crippen LogP contribution in [0.3, 0.4) is 0 Å². The van der Waals surface area contributed by atoms with Crippen molar-refractivity contribution >= 4 is 30.8 Å². The molecule has 0 radical (unpaired) electrons. The number of rotatable bonds is 3. The van der Waals surface area contributed by atoms with Crippen molar-refractivity contribution < 1.29 is 16.8 Å². The van der Waals surface area contributed by atoms with E-state index in [1.54, 1.807) is 24.3 Å². The summed E-state index contributed by atoms with van der Waals surface area (Å²) in [4.78, 5) is 4.14. The summed E-state index contributed by atoms with van der Waals surface area (Å²) in [5.74, 6) is -0.259. The Bertz CT molecular complexity index is 928. The largest absolute Gasteiger partial charge is 0.255 e. The van der Waals surface area contributed by atoms with Gasteiger partial charge >= 0.3 is 0 Å². The molecule has 6 nitrogen and oxygen atoms in total. The van der Waals surface area contributed by atoms with Crippen molar-refractivity contribution in [2.75, 3.05) is 5.75 Å². The number of nitrogens with zero attached hydrogens (tertiary/aromatic N) is 1. The highest BCUT2D eigenvalue weighted by molar-refractivity contribution is 7.94. The van der Waals surface area contributed by atoms with Crippen LogP contribution in [0.25, 0.3) is 10.9 Å². The Hall–Kier alpha value is -1.77. The lowest BCUT2D eigenvalue weighted by Crippen LogP contribution is -2.35. The quantitative estimate of drug-likeness (QED) is 0.902. The monoisotopic (exact) mass is 324 g/mol. The maximum atomic E-state index is 12.4. The molecule has 2 heterocycles. The van der Waals surface area contributed by atoms with Gasteiger partial charge in [0, 0.05) is 17.0 Å². The highest BCUT2D eigenvalue weighted by Crippen LogP contribution is 2.21. The first kappa shape index (κ1) is 14.2. The Balaban J connectivity index is 2.00. The molecule has 0 saturated heterocycles. The zero-order valence-corrected chi connectivity index (χ0v) is 12.4. The normalized spacial score (nSPS) is 20.9. The van der Waals surface area contributed by atoms with Gasteiger partial charge in [-0.25, -0.2) is 21.6 Å². The van der Waals surface area contributed by atoms with Crippen molar-refractivity contribution in [2.24, 2.45) is 0 Å². The molecule has 1 aromatic heterocycles. The Morgan fingerprint density at radius 3 is 2.67 bits per heavy atom. The Morgan fingerprint density at radius 1 is 1.19 bits per heavy atom.